The molecule has 0 spiro atoms. The third kappa shape index (κ3) is 4.98. The molecule has 2 amide bonds. The largest absolute Gasteiger partial charge is 0.497 e. The van der Waals surface area contributed by atoms with Gasteiger partial charge in [0, 0.05) is 50.1 Å². The van der Waals surface area contributed by atoms with E-state index in [0.29, 0.717) is 28.8 Å². The van der Waals surface area contributed by atoms with Gasteiger partial charge in [-0.25, -0.2) is 14.8 Å². The minimum absolute atomic E-state index is 0.402. The molecule has 1 aromatic heterocycles. The summed E-state index contributed by atoms with van der Waals surface area (Å²) < 4.78 is 10.4. The van der Waals surface area contributed by atoms with Crippen LogP contribution in [-0.4, -0.2) is 68.3 Å². The number of amides is 2. The van der Waals surface area contributed by atoms with Crippen molar-refractivity contribution in [2.75, 3.05) is 63.0 Å². The van der Waals surface area contributed by atoms with E-state index in [1.54, 1.807) is 44.8 Å². The smallest absolute Gasteiger partial charge is 0.323 e. The standard InChI is InChI=1S/C18H24N6O3/c1-23-4-6-24(7-5-23)17-19-11-14(12-20-17)22-18(25)21-13-8-15(26-2)10-16(9-13)27-3/h8-12H,4-7H2,1-3H3,(H2,21,22,25). The van der Waals surface area contributed by atoms with Crippen LogP contribution in [0.15, 0.2) is 30.6 Å². The highest BCUT2D eigenvalue weighted by molar-refractivity contribution is 5.99. The average Bonchev–Trinajstić information content (AvgIpc) is 2.68. The Bertz CT molecular complexity index is 753. The van der Waals surface area contributed by atoms with Crippen LogP contribution in [0.1, 0.15) is 0 Å². The summed E-state index contributed by atoms with van der Waals surface area (Å²) in [6.07, 6.45) is 3.21. The van der Waals surface area contributed by atoms with E-state index in [4.69, 9.17) is 9.47 Å². The minimum atomic E-state index is -0.402. The summed E-state index contributed by atoms with van der Waals surface area (Å²) in [5.74, 6) is 1.85. The Kier molecular flexibility index (Phi) is 5.92. The predicted molar refractivity (Wildman–Crippen MR) is 104 cm³/mol. The number of anilines is 3. The Balaban J connectivity index is 1.59. The van der Waals surface area contributed by atoms with Gasteiger partial charge >= 0.3 is 6.03 Å². The topological polar surface area (TPSA) is 91.8 Å². The molecule has 2 N–H and O–H groups in total. The molecule has 2 aromatic rings. The van der Waals surface area contributed by atoms with Gasteiger partial charge in [-0.2, -0.15) is 0 Å². The molecule has 1 aromatic carbocycles. The van der Waals surface area contributed by atoms with Gasteiger partial charge in [0.1, 0.15) is 11.5 Å². The van der Waals surface area contributed by atoms with Crippen molar-refractivity contribution in [1.82, 2.24) is 14.9 Å². The lowest BCUT2D eigenvalue weighted by Gasteiger charge is -2.32. The number of benzene rings is 1. The maximum Gasteiger partial charge on any atom is 0.323 e. The number of nitrogens with one attached hydrogen (secondary N) is 2. The van der Waals surface area contributed by atoms with Gasteiger partial charge in [0.05, 0.1) is 32.3 Å². The fraction of sp³-hybridized carbons (Fsp3) is 0.389. The molecule has 144 valence electrons. The Morgan fingerprint density at radius 1 is 0.926 bits per heavy atom. The third-order valence-corrected chi connectivity index (χ3v) is 4.29. The molecule has 1 aliphatic rings. The molecule has 3 rings (SSSR count). The summed E-state index contributed by atoms with van der Waals surface area (Å²) in [5.41, 5.74) is 1.07. The highest BCUT2D eigenvalue weighted by Crippen LogP contribution is 2.25. The molecule has 1 fully saturated rings. The number of carbonyl (C=O) groups excluding carboxylic acids is 1. The second-order valence-electron chi connectivity index (χ2n) is 6.24. The first-order valence-electron chi connectivity index (χ1n) is 8.64. The minimum Gasteiger partial charge on any atom is -0.497 e. The summed E-state index contributed by atoms with van der Waals surface area (Å²) in [7, 11) is 5.21. The number of piperazine rings is 1. The first kappa shape index (κ1) is 18.7. The Morgan fingerprint density at radius 2 is 1.48 bits per heavy atom. The van der Waals surface area contributed by atoms with E-state index in [1.807, 2.05) is 0 Å². The number of hydrogen-bond acceptors (Lipinski definition) is 7. The highest BCUT2D eigenvalue weighted by atomic mass is 16.5. The van der Waals surface area contributed by atoms with E-state index < -0.39 is 6.03 Å². The summed E-state index contributed by atoms with van der Waals surface area (Å²) in [5, 5.41) is 5.46. The van der Waals surface area contributed by atoms with E-state index in [-0.39, 0.29) is 0 Å². The van der Waals surface area contributed by atoms with Crippen molar-refractivity contribution < 1.29 is 14.3 Å². The van der Waals surface area contributed by atoms with Crippen molar-refractivity contribution in [3.63, 3.8) is 0 Å². The van der Waals surface area contributed by atoms with Gasteiger partial charge in [-0.15, -0.1) is 0 Å². The molecular formula is C18H24N6O3. The number of rotatable bonds is 5. The highest BCUT2D eigenvalue weighted by Gasteiger charge is 2.16. The number of methoxy groups -OCH3 is 2. The van der Waals surface area contributed by atoms with Gasteiger partial charge in [0.25, 0.3) is 0 Å². The van der Waals surface area contributed by atoms with Gasteiger partial charge in [-0.3, -0.25) is 0 Å². The number of urea groups is 1. The van der Waals surface area contributed by atoms with Gasteiger partial charge < -0.3 is 29.9 Å². The molecule has 9 heteroatoms. The molecule has 1 saturated heterocycles. The lowest BCUT2D eigenvalue weighted by atomic mass is 10.3. The van der Waals surface area contributed by atoms with Crippen molar-refractivity contribution in [3.05, 3.63) is 30.6 Å². The Labute approximate surface area is 158 Å². The molecule has 0 saturated carbocycles. The SMILES string of the molecule is COc1cc(NC(=O)Nc2cnc(N3CCN(C)CC3)nc2)cc(OC)c1. The van der Waals surface area contributed by atoms with Crippen molar-refractivity contribution in [2.24, 2.45) is 0 Å². The normalized spacial score (nSPS) is 14.6. The van der Waals surface area contributed by atoms with Gasteiger partial charge in [-0.05, 0) is 7.05 Å². The second-order valence-corrected chi connectivity index (χ2v) is 6.24. The van der Waals surface area contributed by atoms with Crippen LogP contribution in [0.25, 0.3) is 0 Å². The van der Waals surface area contributed by atoms with Crippen molar-refractivity contribution >= 4 is 23.4 Å². The van der Waals surface area contributed by atoms with Crippen molar-refractivity contribution in [2.45, 2.75) is 0 Å². The van der Waals surface area contributed by atoms with Crippen LogP contribution in [0.3, 0.4) is 0 Å². The van der Waals surface area contributed by atoms with Crippen LogP contribution in [-0.2, 0) is 0 Å². The molecule has 9 nitrogen and oxygen atoms in total. The summed E-state index contributed by atoms with van der Waals surface area (Å²) in [6.45, 7) is 3.74. The lowest BCUT2D eigenvalue weighted by molar-refractivity contribution is 0.262. The quantitative estimate of drug-likeness (QED) is 0.828. The van der Waals surface area contributed by atoms with Crippen LogP contribution in [0.4, 0.5) is 22.1 Å². The molecule has 0 bridgehead atoms. The number of hydrogen-bond donors (Lipinski definition) is 2. The molecule has 2 heterocycles. The lowest BCUT2D eigenvalue weighted by Crippen LogP contribution is -2.45. The Morgan fingerprint density at radius 3 is 2.04 bits per heavy atom. The monoisotopic (exact) mass is 372 g/mol. The zero-order chi connectivity index (χ0) is 19.2. The molecule has 0 aliphatic carbocycles. The maximum atomic E-state index is 12.2. The first-order valence-corrected chi connectivity index (χ1v) is 8.64. The summed E-state index contributed by atoms with van der Waals surface area (Å²) in [6, 6.07) is 4.74. The number of likely N-dealkylation sites (N-methyl/N-ethyl adjacent to an activating group) is 1. The van der Waals surface area contributed by atoms with E-state index in [9.17, 15) is 4.79 Å². The second kappa shape index (κ2) is 8.54. The zero-order valence-electron chi connectivity index (χ0n) is 15.7. The average molecular weight is 372 g/mol. The molecule has 1 aliphatic heterocycles. The van der Waals surface area contributed by atoms with E-state index in [2.05, 4.69) is 37.4 Å². The van der Waals surface area contributed by atoms with Gasteiger partial charge in [0.15, 0.2) is 0 Å². The van der Waals surface area contributed by atoms with E-state index >= 15 is 0 Å². The van der Waals surface area contributed by atoms with Gasteiger partial charge in [-0.1, -0.05) is 0 Å². The van der Waals surface area contributed by atoms with Crippen molar-refractivity contribution in [3.8, 4) is 11.5 Å². The summed E-state index contributed by atoms with van der Waals surface area (Å²) in [4.78, 5) is 25.3. The molecule has 0 radical (unpaired) electrons. The van der Waals surface area contributed by atoms with Crippen molar-refractivity contribution in [1.29, 1.82) is 0 Å². The first-order chi connectivity index (χ1) is 13.1. The predicted octanol–water partition coefficient (Wildman–Crippen LogP) is 1.89. The molecular weight excluding hydrogens is 348 g/mol. The zero-order valence-corrected chi connectivity index (χ0v) is 15.7. The molecule has 0 unspecified atom stereocenters. The van der Waals surface area contributed by atoms with E-state index in [0.717, 1.165) is 26.2 Å². The number of nitrogens with zero attached hydrogens (tertiary/aromatic N) is 4. The maximum absolute atomic E-state index is 12.2. The number of carbonyl (C=O) groups is 1. The van der Waals surface area contributed by atoms with E-state index in [1.165, 1.54) is 0 Å². The number of aromatic nitrogens is 2. The third-order valence-electron chi connectivity index (χ3n) is 4.29. The van der Waals surface area contributed by atoms with Crippen LogP contribution in [0.2, 0.25) is 0 Å². The fourth-order valence-corrected chi connectivity index (χ4v) is 2.73. The van der Waals surface area contributed by atoms with Crippen LogP contribution in [0.5, 0.6) is 11.5 Å². The van der Waals surface area contributed by atoms with Crippen LogP contribution < -0.4 is 25.0 Å². The van der Waals surface area contributed by atoms with Crippen LogP contribution >= 0.6 is 0 Å². The Hall–Kier alpha value is -3.07. The molecule has 27 heavy (non-hydrogen) atoms. The fourth-order valence-electron chi connectivity index (χ4n) is 2.73. The molecule has 0 atom stereocenters. The number of ether oxygens (including phenoxy) is 2. The van der Waals surface area contributed by atoms with Gasteiger partial charge in [0.2, 0.25) is 5.95 Å². The van der Waals surface area contributed by atoms with Crippen LogP contribution in [0, 0.1) is 0 Å². The summed E-state index contributed by atoms with van der Waals surface area (Å²) >= 11 is 0.